The largest absolute Gasteiger partial charge is 0.247 e. The lowest BCUT2D eigenvalue weighted by atomic mass is 9.78. The molecule has 9 aromatic rings. The van der Waals surface area contributed by atoms with E-state index in [0.29, 0.717) is 0 Å². The van der Waals surface area contributed by atoms with E-state index in [1.54, 1.807) is 0 Å². The molecule has 0 aliphatic heterocycles. The van der Waals surface area contributed by atoms with Crippen molar-refractivity contribution >= 4 is 32.7 Å². The van der Waals surface area contributed by atoms with Crippen molar-refractivity contribution in [1.29, 1.82) is 0 Å². The molecule has 0 atom stereocenters. The summed E-state index contributed by atoms with van der Waals surface area (Å²) in [7, 11) is 0. The van der Waals surface area contributed by atoms with Crippen LogP contribution in [0.15, 0.2) is 164 Å². The second kappa shape index (κ2) is 11.3. The maximum absolute atomic E-state index is 5.25. The van der Waals surface area contributed by atoms with Gasteiger partial charge in [0, 0.05) is 38.3 Å². The van der Waals surface area contributed by atoms with Gasteiger partial charge in [0.1, 0.15) is 0 Å². The lowest BCUT2D eigenvalue weighted by Crippen LogP contribution is -2.16. The first-order chi connectivity index (χ1) is 25.0. The maximum Gasteiger partial charge on any atom is 0.0972 e. The van der Waals surface area contributed by atoms with Crippen LogP contribution < -0.4 is 0 Å². The summed E-state index contributed by atoms with van der Waals surface area (Å²) < 4.78 is 0. The molecule has 0 unspecified atom stereocenters. The first-order valence-corrected chi connectivity index (χ1v) is 17.5. The Morgan fingerprint density at radius 1 is 0.431 bits per heavy atom. The third-order valence-corrected chi connectivity index (χ3v) is 10.6. The van der Waals surface area contributed by atoms with E-state index in [1.807, 2.05) is 6.07 Å². The molecular weight excluding hydrogens is 619 g/mol. The Balaban J connectivity index is 1.10. The fourth-order valence-corrected chi connectivity index (χ4v) is 8.10. The predicted octanol–water partition coefficient (Wildman–Crippen LogP) is 12.3. The zero-order valence-electron chi connectivity index (χ0n) is 28.4. The van der Waals surface area contributed by atoms with Gasteiger partial charge in [0.2, 0.25) is 0 Å². The van der Waals surface area contributed by atoms with Crippen molar-refractivity contribution in [3.8, 4) is 56.0 Å². The van der Waals surface area contributed by atoms with Crippen molar-refractivity contribution in [2.75, 3.05) is 0 Å². The zero-order chi connectivity index (χ0) is 34.1. The summed E-state index contributed by atoms with van der Waals surface area (Å²) in [6.45, 7) is 4.67. The van der Waals surface area contributed by atoms with E-state index in [0.717, 1.165) is 66.7 Å². The average Bonchev–Trinajstić information content (AvgIpc) is 3.42. The van der Waals surface area contributed by atoms with Gasteiger partial charge in [-0.15, -0.1) is 0 Å². The van der Waals surface area contributed by atoms with E-state index in [4.69, 9.17) is 15.0 Å². The van der Waals surface area contributed by atoms with Crippen molar-refractivity contribution < 1.29 is 0 Å². The second-order valence-electron chi connectivity index (χ2n) is 14.0. The monoisotopic (exact) mass is 651 g/mol. The summed E-state index contributed by atoms with van der Waals surface area (Å²) in [4.78, 5) is 15.6. The van der Waals surface area contributed by atoms with E-state index in [2.05, 4.69) is 172 Å². The number of aromatic nitrogens is 3. The topological polar surface area (TPSA) is 38.7 Å². The van der Waals surface area contributed by atoms with Crippen LogP contribution in [-0.2, 0) is 5.41 Å². The summed E-state index contributed by atoms with van der Waals surface area (Å²) in [5.74, 6) is 0. The highest BCUT2D eigenvalue weighted by molar-refractivity contribution is 6.05. The van der Waals surface area contributed by atoms with Crippen molar-refractivity contribution in [1.82, 2.24) is 15.0 Å². The highest BCUT2D eigenvalue weighted by Gasteiger charge is 2.39. The van der Waals surface area contributed by atoms with Gasteiger partial charge >= 0.3 is 0 Å². The molecule has 3 heterocycles. The molecule has 0 saturated carbocycles. The number of benzene rings is 6. The van der Waals surface area contributed by atoms with E-state index >= 15 is 0 Å². The lowest BCUT2D eigenvalue weighted by molar-refractivity contribution is 0.662. The first-order valence-electron chi connectivity index (χ1n) is 17.5. The van der Waals surface area contributed by atoms with Crippen molar-refractivity contribution in [2.45, 2.75) is 19.3 Å². The lowest BCUT2D eigenvalue weighted by Gasteiger charge is -2.25. The molecule has 1 aliphatic rings. The van der Waals surface area contributed by atoms with Gasteiger partial charge in [0.05, 0.1) is 33.6 Å². The van der Waals surface area contributed by atoms with Crippen molar-refractivity contribution in [3.63, 3.8) is 0 Å². The third kappa shape index (κ3) is 4.69. The van der Waals surface area contributed by atoms with E-state index in [9.17, 15) is 0 Å². The van der Waals surface area contributed by atoms with E-state index in [-0.39, 0.29) is 5.41 Å². The van der Waals surface area contributed by atoms with Crippen LogP contribution in [-0.4, -0.2) is 15.0 Å². The summed E-state index contributed by atoms with van der Waals surface area (Å²) in [5, 5.41) is 3.34. The molecule has 0 spiro atoms. The van der Waals surface area contributed by atoms with Gasteiger partial charge in [0.15, 0.2) is 0 Å². The molecule has 3 aromatic heterocycles. The molecule has 0 fully saturated rings. The Morgan fingerprint density at radius 2 is 0.980 bits per heavy atom. The minimum atomic E-state index is -0.184. The first kappa shape index (κ1) is 29.5. The molecule has 3 nitrogen and oxygen atoms in total. The molecule has 51 heavy (non-hydrogen) atoms. The van der Waals surface area contributed by atoms with Gasteiger partial charge in [0.25, 0.3) is 0 Å². The highest BCUT2D eigenvalue weighted by atomic mass is 14.8. The van der Waals surface area contributed by atoms with Crippen LogP contribution in [0.4, 0.5) is 0 Å². The van der Waals surface area contributed by atoms with Gasteiger partial charge in [-0.2, -0.15) is 0 Å². The molecule has 1 aliphatic carbocycles. The number of hydrogen-bond donors (Lipinski definition) is 0. The Labute approximate surface area is 297 Å². The maximum atomic E-state index is 5.25. The molecule has 10 rings (SSSR count). The number of nitrogens with zero attached hydrogens (tertiary/aromatic N) is 3. The molecule has 3 heteroatoms. The molecule has 0 bridgehead atoms. The van der Waals surface area contributed by atoms with Gasteiger partial charge in [-0.1, -0.05) is 147 Å². The minimum Gasteiger partial charge on any atom is -0.247 e. The third-order valence-electron chi connectivity index (χ3n) is 10.6. The standard InChI is InChI=1S/C48H33N3/c1-48(2)39-20-8-6-18-37(39)47-44(48)43(38-19-7-9-21-42(38)51-47)36-17-11-15-34(29-36)33-14-10-16-35(28-33)41-27-25-32-23-22-31-24-26-40(30-12-4-3-5-13-30)49-45(31)46(32)50-41/h3-29H,1-2H3. The summed E-state index contributed by atoms with van der Waals surface area (Å²) in [5.41, 5.74) is 16.4. The Hall–Kier alpha value is -6.45. The highest BCUT2D eigenvalue weighted by Crippen LogP contribution is 2.53. The number of rotatable bonds is 4. The predicted molar refractivity (Wildman–Crippen MR) is 212 cm³/mol. The van der Waals surface area contributed by atoms with Crippen molar-refractivity contribution in [2.24, 2.45) is 0 Å². The van der Waals surface area contributed by atoms with Gasteiger partial charge in [-0.25, -0.2) is 15.0 Å². The summed E-state index contributed by atoms with van der Waals surface area (Å²) in [6.07, 6.45) is 0. The van der Waals surface area contributed by atoms with Crippen molar-refractivity contribution in [3.05, 3.63) is 175 Å². The Bertz CT molecular complexity index is 2830. The molecule has 0 amide bonds. The molecule has 0 saturated heterocycles. The number of pyridine rings is 3. The number of hydrogen-bond acceptors (Lipinski definition) is 3. The molecule has 240 valence electrons. The quantitative estimate of drug-likeness (QED) is 0.178. The fourth-order valence-electron chi connectivity index (χ4n) is 8.10. The summed E-state index contributed by atoms with van der Waals surface area (Å²) >= 11 is 0. The normalized spacial score (nSPS) is 13.1. The van der Waals surface area contributed by atoms with Gasteiger partial charge in [-0.3, -0.25) is 0 Å². The van der Waals surface area contributed by atoms with Gasteiger partial charge in [-0.05, 0) is 63.7 Å². The Kier molecular flexibility index (Phi) is 6.53. The van der Waals surface area contributed by atoms with E-state index in [1.165, 1.54) is 33.2 Å². The second-order valence-corrected chi connectivity index (χ2v) is 14.0. The van der Waals surface area contributed by atoms with Crippen LogP contribution >= 0.6 is 0 Å². The smallest absolute Gasteiger partial charge is 0.0972 e. The number of fused-ring (bicyclic) bond motifs is 7. The fraction of sp³-hybridized carbons (Fsp3) is 0.0625. The summed E-state index contributed by atoms with van der Waals surface area (Å²) in [6, 6.07) is 58.2. The van der Waals surface area contributed by atoms with Crippen LogP contribution in [0.25, 0.3) is 88.7 Å². The van der Waals surface area contributed by atoms with Crippen LogP contribution in [0.1, 0.15) is 25.0 Å². The minimum absolute atomic E-state index is 0.184. The molecule has 0 N–H and O–H groups in total. The average molecular weight is 652 g/mol. The van der Waals surface area contributed by atoms with Gasteiger partial charge < -0.3 is 0 Å². The Morgan fingerprint density at radius 3 is 1.73 bits per heavy atom. The SMILES string of the molecule is CC1(C)c2ccccc2-c2nc3ccccc3c(-c3cccc(-c4cccc(-c5ccc6ccc7ccc(-c8ccccc8)nc7c6n5)c4)c3)c21. The van der Waals surface area contributed by atoms with Crippen LogP contribution in [0.2, 0.25) is 0 Å². The zero-order valence-corrected chi connectivity index (χ0v) is 28.4. The number of para-hydroxylation sites is 1. The van der Waals surface area contributed by atoms with Crippen LogP contribution in [0, 0.1) is 0 Å². The van der Waals surface area contributed by atoms with Crippen LogP contribution in [0.5, 0.6) is 0 Å². The van der Waals surface area contributed by atoms with E-state index < -0.39 is 0 Å². The molecule has 6 aromatic carbocycles. The molecule has 0 radical (unpaired) electrons. The van der Waals surface area contributed by atoms with Crippen LogP contribution in [0.3, 0.4) is 0 Å². The molecular formula is C48H33N3.